The number of aromatic nitrogens is 3. The Labute approximate surface area is 202 Å². The minimum atomic E-state index is -1.52. The number of nitrogens with zero attached hydrogens (tertiary/aromatic N) is 5. The fourth-order valence-electron chi connectivity index (χ4n) is 3.86. The highest BCUT2D eigenvalue weighted by Crippen LogP contribution is 2.33. The lowest BCUT2D eigenvalue weighted by Crippen LogP contribution is -2.55. The number of carbonyl (C=O) groups is 1. The zero-order valence-corrected chi connectivity index (χ0v) is 20.7. The molecule has 1 aromatic carbocycles. The van der Waals surface area contributed by atoms with Crippen molar-refractivity contribution < 1.29 is 22.7 Å². The Morgan fingerprint density at radius 1 is 1.15 bits per heavy atom. The number of carbonyl (C=O) groups excluding carboxylic acids is 1. The number of halogens is 4. The first kappa shape index (κ1) is 23.6. The van der Waals surface area contributed by atoms with Crippen LogP contribution in [0.1, 0.15) is 27.7 Å². The quantitative estimate of drug-likeness (QED) is 0.323. The highest BCUT2D eigenvalue weighted by molar-refractivity contribution is 14.1. The van der Waals surface area contributed by atoms with Gasteiger partial charge in [-0.1, -0.05) is 0 Å². The average molecular weight is 573 g/mol. The zero-order valence-electron chi connectivity index (χ0n) is 18.6. The Bertz CT molecular complexity index is 1200. The number of amides is 1. The summed E-state index contributed by atoms with van der Waals surface area (Å²) >= 11 is 2.11. The summed E-state index contributed by atoms with van der Waals surface area (Å²) in [5.74, 6) is -3.41. The molecule has 0 radical (unpaired) electrons. The Kier molecular flexibility index (Phi) is 6.18. The van der Waals surface area contributed by atoms with Gasteiger partial charge >= 0.3 is 6.09 Å². The molecule has 1 fully saturated rings. The second-order valence-corrected chi connectivity index (χ2v) is 10.1. The molecule has 3 heterocycles. The van der Waals surface area contributed by atoms with Crippen LogP contribution in [0.4, 0.5) is 23.8 Å². The standard InChI is InChI=1S/C22H23F3IN5O2/c1-12-9-29(5-6-30(12)21(32)33-22(2,3)4)19-17-16(26)10-31(20(17)28-11-27-19)13-7-14(23)18(25)15(24)8-13/h7-8,10-12H,5-6,9H2,1-4H3/t12-/m1/s1. The van der Waals surface area contributed by atoms with Crippen LogP contribution in [0.25, 0.3) is 16.7 Å². The number of benzene rings is 1. The Balaban J connectivity index is 1.66. The van der Waals surface area contributed by atoms with Crippen molar-refractivity contribution in [3.05, 3.63) is 45.7 Å². The van der Waals surface area contributed by atoms with E-state index in [2.05, 4.69) is 32.6 Å². The number of fused-ring (bicyclic) bond motifs is 1. The number of hydrogen-bond acceptors (Lipinski definition) is 5. The van der Waals surface area contributed by atoms with Crippen molar-refractivity contribution in [2.24, 2.45) is 0 Å². The first-order valence-electron chi connectivity index (χ1n) is 10.4. The molecule has 0 N–H and O–H groups in total. The van der Waals surface area contributed by atoms with Gasteiger partial charge in [-0.15, -0.1) is 0 Å². The third-order valence-electron chi connectivity index (χ3n) is 5.32. The van der Waals surface area contributed by atoms with Crippen LogP contribution in [-0.4, -0.2) is 56.8 Å². The van der Waals surface area contributed by atoms with Crippen molar-refractivity contribution in [2.45, 2.75) is 39.3 Å². The van der Waals surface area contributed by atoms with E-state index in [9.17, 15) is 18.0 Å². The SMILES string of the molecule is C[C@@H]1CN(c2ncnc3c2c(I)cn3-c2cc(F)c(F)c(F)c2)CCN1C(=O)OC(C)(C)C. The first-order valence-corrected chi connectivity index (χ1v) is 11.4. The maximum atomic E-state index is 13.8. The lowest BCUT2D eigenvalue weighted by atomic mass is 10.2. The van der Waals surface area contributed by atoms with Gasteiger partial charge < -0.3 is 14.5 Å². The lowest BCUT2D eigenvalue weighted by molar-refractivity contribution is 0.0159. The highest BCUT2D eigenvalue weighted by atomic mass is 127. The summed E-state index contributed by atoms with van der Waals surface area (Å²) in [6.45, 7) is 8.92. The average Bonchev–Trinajstić information content (AvgIpc) is 3.07. The van der Waals surface area contributed by atoms with Crippen molar-refractivity contribution >= 4 is 45.5 Å². The molecule has 0 aliphatic carbocycles. The molecule has 33 heavy (non-hydrogen) atoms. The van der Waals surface area contributed by atoms with Crippen molar-refractivity contribution in [1.82, 2.24) is 19.4 Å². The smallest absolute Gasteiger partial charge is 0.410 e. The number of anilines is 1. The monoisotopic (exact) mass is 573 g/mol. The summed E-state index contributed by atoms with van der Waals surface area (Å²) in [6, 6.07) is 1.73. The van der Waals surface area contributed by atoms with Crippen molar-refractivity contribution in [3.8, 4) is 5.69 Å². The zero-order chi connectivity index (χ0) is 24.1. The predicted octanol–water partition coefficient (Wildman–Crippen LogP) is 4.89. The van der Waals surface area contributed by atoms with E-state index in [4.69, 9.17) is 4.74 Å². The molecule has 1 aliphatic rings. The molecule has 1 atom stereocenters. The van der Waals surface area contributed by atoms with Crippen LogP contribution >= 0.6 is 22.6 Å². The fourth-order valence-corrected chi connectivity index (χ4v) is 4.62. The van der Waals surface area contributed by atoms with Gasteiger partial charge in [0.05, 0.1) is 11.1 Å². The molecule has 11 heteroatoms. The second-order valence-electron chi connectivity index (χ2n) is 8.94. The highest BCUT2D eigenvalue weighted by Gasteiger charge is 2.32. The molecule has 3 aromatic rings. The van der Waals surface area contributed by atoms with E-state index in [-0.39, 0.29) is 17.8 Å². The summed E-state index contributed by atoms with van der Waals surface area (Å²) in [6.07, 6.45) is 2.70. The molecular formula is C22H23F3IN5O2. The second kappa shape index (κ2) is 8.65. The molecule has 0 unspecified atom stereocenters. The molecule has 4 rings (SSSR count). The molecule has 1 saturated heterocycles. The normalized spacial score (nSPS) is 17.0. The van der Waals surface area contributed by atoms with Gasteiger partial charge in [-0.2, -0.15) is 0 Å². The van der Waals surface area contributed by atoms with E-state index < -0.39 is 23.1 Å². The molecular weight excluding hydrogens is 550 g/mol. The van der Waals surface area contributed by atoms with E-state index in [1.165, 1.54) is 10.9 Å². The van der Waals surface area contributed by atoms with Crippen LogP contribution in [0, 0.1) is 21.0 Å². The number of ether oxygens (including phenoxy) is 1. The molecule has 0 spiro atoms. The maximum absolute atomic E-state index is 13.8. The largest absolute Gasteiger partial charge is 0.444 e. The van der Waals surface area contributed by atoms with Crippen LogP contribution in [0.5, 0.6) is 0 Å². The van der Waals surface area contributed by atoms with E-state index in [1.54, 1.807) is 11.1 Å². The van der Waals surface area contributed by atoms with E-state index >= 15 is 0 Å². The molecule has 176 valence electrons. The van der Waals surface area contributed by atoms with Crippen molar-refractivity contribution in [2.75, 3.05) is 24.5 Å². The topological polar surface area (TPSA) is 63.5 Å². The van der Waals surface area contributed by atoms with Gasteiger partial charge in [0.2, 0.25) is 0 Å². The van der Waals surface area contributed by atoms with Gasteiger partial charge in [0.15, 0.2) is 23.1 Å². The Morgan fingerprint density at radius 2 is 1.82 bits per heavy atom. The molecule has 0 bridgehead atoms. The van der Waals surface area contributed by atoms with Gasteiger partial charge in [-0.3, -0.25) is 4.57 Å². The molecule has 0 saturated carbocycles. The third-order valence-corrected chi connectivity index (χ3v) is 6.14. The summed E-state index contributed by atoms with van der Waals surface area (Å²) in [5, 5.41) is 0.709. The predicted molar refractivity (Wildman–Crippen MR) is 126 cm³/mol. The van der Waals surface area contributed by atoms with Gasteiger partial charge in [0.1, 0.15) is 17.7 Å². The minimum absolute atomic E-state index is 0.118. The third kappa shape index (κ3) is 4.59. The Morgan fingerprint density at radius 3 is 2.42 bits per heavy atom. The van der Waals surface area contributed by atoms with Gasteiger partial charge in [0.25, 0.3) is 0 Å². The number of rotatable bonds is 2. The first-order chi connectivity index (χ1) is 15.5. The fraction of sp³-hybridized carbons (Fsp3) is 0.409. The van der Waals surface area contributed by atoms with Crippen molar-refractivity contribution in [3.63, 3.8) is 0 Å². The van der Waals surface area contributed by atoms with Crippen molar-refractivity contribution in [1.29, 1.82) is 0 Å². The van der Waals surface area contributed by atoms with Gasteiger partial charge in [-0.05, 0) is 50.3 Å². The Hall–Kier alpha value is -2.57. The van der Waals surface area contributed by atoms with Crippen LogP contribution in [0.15, 0.2) is 24.7 Å². The summed E-state index contributed by atoms with van der Waals surface area (Å²) < 4.78 is 48.9. The maximum Gasteiger partial charge on any atom is 0.410 e. The van der Waals surface area contributed by atoms with Crippen LogP contribution in [-0.2, 0) is 4.74 Å². The minimum Gasteiger partial charge on any atom is -0.444 e. The van der Waals surface area contributed by atoms with Crippen LogP contribution in [0.3, 0.4) is 0 Å². The molecule has 1 amide bonds. The molecule has 7 nitrogen and oxygen atoms in total. The van der Waals surface area contributed by atoms with E-state index in [0.29, 0.717) is 36.5 Å². The van der Waals surface area contributed by atoms with Gasteiger partial charge in [0, 0.05) is 47.6 Å². The molecule has 1 aliphatic heterocycles. The number of hydrogen-bond donors (Lipinski definition) is 0. The number of piperazine rings is 1. The lowest BCUT2D eigenvalue weighted by Gasteiger charge is -2.40. The molecule has 2 aromatic heterocycles. The van der Waals surface area contributed by atoms with Gasteiger partial charge in [-0.25, -0.2) is 27.9 Å². The van der Waals surface area contributed by atoms with E-state index in [0.717, 1.165) is 15.7 Å². The van der Waals surface area contributed by atoms with Crippen LogP contribution in [0.2, 0.25) is 0 Å². The summed E-state index contributed by atoms with van der Waals surface area (Å²) in [4.78, 5) is 25.1. The summed E-state index contributed by atoms with van der Waals surface area (Å²) in [7, 11) is 0. The van der Waals surface area contributed by atoms with E-state index in [1.807, 2.05) is 32.6 Å². The summed E-state index contributed by atoms with van der Waals surface area (Å²) in [5.41, 5.74) is -0.0189. The van der Waals surface area contributed by atoms with Crippen LogP contribution < -0.4 is 4.90 Å².